The summed E-state index contributed by atoms with van der Waals surface area (Å²) in [5.74, 6) is 0.0271. The SMILES string of the molecule is CNC(=O)Cc1ccccc1NC(C)CC1COCCN1. The molecule has 0 aromatic heterocycles. The fraction of sp³-hybridized carbons (Fsp3) is 0.562. The number of morpholine rings is 1. The monoisotopic (exact) mass is 291 g/mol. The van der Waals surface area contributed by atoms with Crippen LogP contribution >= 0.6 is 0 Å². The first kappa shape index (κ1) is 15.8. The van der Waals surface area contributed by atoms with E-state index in [1.165, 1.54) is 0 Å². The van der Waals surface area contributed by atoms with Crippen LogP contribution in [0.1, 0.15) is 18.9 Å². The Morgan fingerprint density at radius 2 is 2.29 bits per heavy atom. The van der Waals surface area contributed by atoms with E-state index in [1.807, 2.05) is 24.3 Å². The summed E-state index contributed by atoms with van der Waals surface area (Å²) in [6.07, 6.45) is 1.39. The van der Waals surface area contributed by atoms with E-state index in [0.717, 1.165) is 37.4 Å². The highest BCUT2D eigenvalue weighted by atomic mass is 16.5. The number of carbonyl (C=O) groups is 1. The first-order chi connectivity index (χ1) is 10.2. The topological polar surface area (TPSA) is 62.4 Å². The lowest BCUT2D eigenvalue weighted by molar-refractivity contribution is -0.119. The van der Waals surface area contributed by atoms with E-state index in [-0.39, 0.29) is 5.91 Å². The smallest absolute Gasteiger partial charge is 0.224 e. The van der Waals surface area contributed by atoms with Gasteiger partial charge in [0.1, 0.15) is 0 Å². The number of hydrogen-bond acceptors (Lipinski definition) is 4. The maximum atomic E-state index is 11.6. The van der Waals surface area contributed by atoms with Gasteiger partial charge in [0.25, 0.3) is 0 Å². The Labute approximate surface area is 126 Å². The Kier molecular flexibility index (Phi) is 6.02. The summed E-state index contributed by atoms with van der Waals surface area (Å²) in [5.41, 5.74) is 2.06. The second kappa shape index (κ2) is 8.00. The van der Waals surface area contributed by atoms with Crippen molar-refractivity contribution in [2.24, 2.45) is 0 Å². The molecular weight excluding hydrogens is 266 g/mol. The molecule has 21 heavy (non-hydrogen) atoms. The summed E-state index contributed by atoms with van der Waals surface area (Å²) >= 11 is 0. The molecule has 1 saturated heterocycles. The quantitative estimate of drug-likeness (QED) is 0.736. The van der Waals surface area contributed by atoms with Crippen LogP contribution in [-0.4, -0.2) is 44.8 Å². The molecule has 116 valence electrons. The molecule has 1 aliphatic rings. The van der Waals surface area contributed by atoms with Gasteiger partial charge in [-0.25, -0.2) is 0 Å². The lowest BCUT2D eigenvalue weighted by Gasteiger charge is -2.27. The molecule has 1 fully saturated rings. The highest BCUT2D eigenvalue weighted by Crippen LogP contribution is 2.18. The third-order valence-electron chi connectivity index (χ3n) is 3.69. The summed E-state index contributed by atoms with van der Waals surface area (Å²) in [5, 5.41) is 9.64. The van der Waals surface area contributed by atoms with Crippen LogP contribution in [-0.2, 0) is 16.0 Å². The molecule has 2 rings (SSSR count). The average molecular weight is 291 g/mol. The number of likely N-dealkylation sites (N-methyl/N-ethyl adjacent to an activating group) is 1. The highest BCUT2D eigenvalue weighted by molar-refractivity contribution is 5.80. The fourth-order valence-electron chi connectivity index (χ4n) is 2.60. The van der Waals surface area contributed by atoms with Crippen LogP contribution in [0.15, 0.2) is 24.3 Å². The molecular formula is C16H25N3O2. The molecule has 2 atom stereocenters. The molecule has 0 radical (unpaired) electrons. The Hall–Kier alpha value is -1.59. The van der Waals surface area contributed by atoms with Crippen molar-refractivity contribution in [1.82, 2.24) is 10.6 Å². The van der Waals surface area contributed by atoms with E-state index in [9.17, 15) is 4.79 Å². The van der Waals surface area contributed by atoms with Crippen molar-refractivity contribution in [3.8, 4) is 0 Å². The van der Waals surface area contributed by atoms with Gasteiger partial charge in [0.2, 0.25) is 5.91 Å². The zero-order valence-corrected chi connectivity index (χ0v) is 12.8. The van der Waals surface area contributed by atoms with Crippen molar-refractivity contribution in [2.45, 2.75) is 31.8 Å². The van der Waals surface area contributed by atoms with Crippen LogP contribution in [0.3, 0.4) is 0 Å². The summed E-state index contributed by atoms with van der Waals surface area (Å²) in [6.45, 7) is 4.65. The Balaban J connectivity index is 1.93. The molecule has 0 saturated carbocycles. The third-order valence-corrected chi connectivity index (χ3v) is 3.69. The van der Waals surface area contributed by atoms with Gasteiger partial charge in [-0.3, -0.25) is 4.79 Å². The van der Waals surface area contributed by atoms with Gasteiger partial charge in [-0.15, -0.1) is 0 Å². The first-order valence-corrected chi connectivity index (χ1v) is 7.55. The zero-order chi connectivity index (χ0) is 15.1. The van der Waals surface area contributed by atoms with E-state index in [4.69, 9.17) is 4.74 Å². The molecule has 5 nitrogen and oxygen atoms in total. The molecule has 1 aromatic rings. The second-order valence-electron chi connectivity index (χ2n) is 5.51. The molecule has 2 unspecified atom stereocenters. The lowest BCUT2D eigenvalue weighted by atomic mass is 10.1. The van der Waals surface area contributed by atoms with Crippen LogP contribution in [0, 0.1) is 0 Å². The van der Waals surface area contributed by atoms with Crippen LogP contribution in [0.5, 0.6) is 0 Å². The van der Waals surface area contributed by atoms with Gasteiger partial charge in [0.15, 0.2) is 0 Å². The van der Waals surface area contributed by atoms with E-state index in [2.05, 4.69) is 22.9 Å². The largest absolute Gasteiger partial charge is 0.382 e. The Bertz CT molecular complexity index is 459. The van der Waals surface area contributed by atoms with E-state index >= 15 is 0 Å². The predicted octanol–water partition coefficient (Wildman–Crippen LogP) is 1.15. The molecule has 1 aromatic carbocycles. The summed E-state index contributed by atoms with van der Waals surface area (Å²) in [6, 6.07) is 8.68. The molecule has 0 bridgehead atoms. The first-order valence-electron chi connectivity index (χ1n) is 7.55. The number of para-hydroxylation sites is 1. The van der Waals surface area contributed by atoms with Crippen molar-refractivity contribution >= 4 is 11.6 Å². The maximum Gasteiger partial charge on any atom is 0.224 e. The predicted molar refractivity (Wildman–Crippen MR) is 84.5 cm³/mol. The van der Waals surface area contributed by atoms with Gasteiger partial charge in [0.05, 0.1) is 19.6 Å². The average Bonchev–Trinajstić information content (AvgIpc) is 2.50. The molecule has 1 amide bonds. The zero-order valence-electron chi connectivity index (χ0n) is 12.8. The van der Waals surface area contributed by atoms with Crippen LogP contribution in [0.2, 0.25) is 0 Å². The minimum atomic E-state index is 0.0271. The van der Waals surface area contributed by atoms with Gasteiger partial charge >= 0.3 is 0 Å². The van der Waals surface area contributed by atoms with Gasteiger partial charge in [-0.1, -0.05) is 18.2 Å². The molecule has 0 spiro atoms. The van der Waals surface area contributed by atoms with Crippen LogP contribution in [0.4, 0.5) is 5.69 Å². The van der Waals surface area contributed by atoms with Gasteiger partial charge in [-0.2, -0.15) is 0 Å². The number of rotatable bonds is 6. The standard InChI is InChI=1S/C16H25N3O2/c1-12(9-14-11-21-8-7-18-14)19-15-6-4-3-5-13(15)10-16(20)17-2/h3-6,12,14,18-19H,7-11H2,1-2H3,(H,17,20). The van der Waals surface area contributed by atoms with E-state index < -0.39 is 0 Å². The summed E-state index contributed by atoms with van der Waals surface area (Å²) in [4.78, 5) is 11.6. The molecule has 3 N–H and O–H groups in total. The maximum absolute atomic E-state index is 11.6. The number of hydrogen-bond donors (Lipinski definition) is 3. The highest BCUT2D eigenvalue weighted by Gasteiger charge is 2.17. The second-order valence-corrected chi connectivity index (χ2v) is 5.51. The summed E-state index contributed by atoms with van der Waals surface area (Å²) in [7, 11) is 1.66. The normalized spacial score (nSPS) is 19.8. The van der Waals surface area contributed by atoms with Crippen LogP contribution in [0.25, 0.3) is 0 Å². The van der Waals surface area contributed by atoms with Gasteiger partial charge in [-0.05, 0) is 25.0 Å². The minimum absolute atomic E-state index is 0.0271. The van der Waals surface area contributed by atoms with Crippen molar-refractivity contribution in [2.75, 3.05) is 32.1 Å². The number of benzene rings is 1. The fourth-order valence-corrected chi connectivity index (χ4v) is 2.60. The number of anilines is 1. The number of nitrogens with one attached hydrogen (secondary N) is 3. The number of ether oxygens (including phenoxy) is 1. The van der Waals surface area contributed by atoms with Gasteiger partial charge in [0, 0.05) is 31.4 Å². The molecule has 1 heterocycles. The van der Waals surface area contributed by atoms with Crippen molar-refractivity contribution in [3.63, 3.8) is 0 Å². The molecule has 1 aliphatic heterocycles. The molecule has 0 aliphatic carbocycles. The number of carbonyl (C=O) groups excluding carboxylic acids is 1. The third kappa shape index (κ3) is 5.02. The van der Waals surface area contributed by atoms with Crippen molar-refractivity contribution in [3.05, 3.63) is 29.8 Å². The van der Waals surface area contributed by atoms with Gasteiger partial charge < -0.3 is 20.7 Å². The van der Waals surface area contributed by atoms with E-state index in [0.29, 0.717) is 18.5 Å². The Morgan fingerprint density at radius 1 is 1.48 bits per heavy atom. The number of amides is 1. The molecule has 5 heteroatoms. The van der Waals surface area contributed by atoms with Crippen LogP contribution < -0.4 is 16.0 Å². The Morgan fingerprint density at radius 3 is 3.00 bits per heavy atom. The lowest BCUT2D eigenvalue weighted by Crippen LogP contribution is -2.43. The minimum Gasteiger partial charge on any atom is -0.382 e. The van der Waals surface area contributed by atoms with E-state index in [1.54, 1.807) is 7.05 Å². The van der Waals surface area contributed by atoms with Crippen molar-refractivity contribution in [1.29, 1.82) is 0 Å². The van der Waals surface area contributed by atoms with Crippen molar-refractivity contribution < 1.29 is 9.53 Å². The summed E-state index contributed by atoms with van der Waals surface area (Å²) < 4.78 is 5.48.